The second-order valence-electron chi connectivity index (χ2n) is 9.63. The minimum absolute atomic E-state index is 0.00487. The topological polar surface area (TPSA) is 70.1 Å². The van der Waals surface area contributed by atoms with Crippen molar-refractivity contribution in [2.24, 2.45) is 5.92 Å². The van der Waals surface area contributed by atoms with Crippen LogP contribution in [0, 0.1) is 5.92 Å². The molecular weight excluding hydrogens is 428 g/mol. The Morgan fingerprint density at radius 1 is 1.24 bits per heavy atom. The van der Waals surface area contributed by atoms with Crippen molar-refractivity contribution in [2.75, 3.05) is 26.7 Å². The summed E-state index contributed by atoms with van der Waals surface area (Å²) in [5.74, 6) is 0.119. The lowest BCUT2D eigenvalue weighted by molar-refractivity contribution is -0.131. The Morgan fingerprint density at radius 2 is 2.00 bits per heavy atom. The second kappa shape index (κ2) is 10.1. The highest BCUT2D eigenvalue weighted by atomic mass is 16.5. The monoisotopic (exact) mass is 462 g/mol. The van der Waals surface area contributed by atoms with Gasteiger partial charge in [-0.25, -0.2) is 0 Å². The maximum absolute atomic E-state index is 13.2. The Hall–Kier alpha value is -2.96. The Balaban J connectivity index is 1.69. The molecule has 0 bridgehead atoms. The first-order valence-electron chi connectivity index (χ1n) is 12.0. The van der Waals surface area contributed by atoms with E-state index >= 15 is 0 Å². The molecule has 2 fully saturated rings. The SMILES string of the molecule is C=CCN1CCC2(c3cccc(OC(C)=O)c3)C[C@@H](N(C)C(=O)c3ccccc3)CC(O)C2C1. The minimum atomic E-state index is -0.560. The van der Waals surface area contributed by atoms with Gasteiger partial charge < -0.3 is 14.7 Å². The van der Waals surface area contributed by atoms with E-state index in [9.17, 15) is 14.7 Å². The highest BCUT2D eigenvalue weighted by Gasteiger charge is 2.53. The summed E-state index contributed by atoms with van der Waals surface area (Å²) in [5.41, 5.74) is 1.37. The molecule has 34 heavy (non-hydrogen) atoms. The van der Waals surface area contributed by atoms with Gasteiger partial charge in [-0.2, -0.15) is 0 Å². The zero-order valence-corrected chi connectivity index (χ0v) is 20.0. The molecule has 1 heterocycles. The molecule has 2 aliphatic rings. The van der Waals surface area contributed by atoms with Gasteiger partial charge in [0.25, 0.3) is 5.91 Å². The standard InChI is InChI=1S/C28H34N2O4/c1-4-14-30-15-13-28(22-11-8-12-24(16-22)34-20(2)31)18-23(17-26(32)25(28)19-30)29(3)27(33)21-9-6-5-7-10-21/h4-12,16,23,25-26,32H,1,13-15,17-19H2,2-3H3/t23-,25?,26?,28?/m0/s1. The van der Waals surface area contributed by atoms with Crippen molar-refractivity contribution in [3.8, 4) is 5.75 Å². The quantitative estimate of drug-likeness (QED) is 0.403. The largest absolute Gasteiger partial charge is 0.427 e. The molecule has 1 amide bonds. The van der Waals surface area contributed by atoms with Gasteiger partial charge in [0.2, 0.25) is 0 Å². The van der Waals surface area contributed by atoms with Gasteiger partial charge in [0.05, 0.1) is 6.10 Å². The van der Waals surface area contributed by atoms with E-state index in [0.717, 1.165) is 38.0 Å². The van der Waals surface area contributed by atoms with E-state index in [2.05, 4.69) is 17.5 Å². The number of benzene rings is 2. The first-order chi connectivity index (χ1) is 16.3. The number of aliphatic hydroxyl groups excluding tert-OH is 1. The number of nitrogens with zero attached hydrogens (tertiary/aromatic N) is 2. The summed E-state index contributed by atoms with van der Waals surface area (Å²) < 4.78 is 5.39. The predicted octanol–water partition coefficient (Wildman–Crippen LogP) is 3.65. The van der Waals surface area contributed by atoms with Gasteiger partial charge in [0.1, 0.15) is 5.75 Å². The number of ether oxygens (including phenoxy) is 1. The van der Waals surface area contributed by atoms with Crippen LogP contribution in [0.2, 0.25) is 0 Å². The van der Waals surface area contributed by atoms with Gasteiger partial charge in [-0.3, -0.25) is 14.5 Å². The molecule has 1 aliphatic heterocycles. The van der Waals surface area contributed by atoms with Crippen molar-refractivity contribution in [1.82, 2.24) is 9.80 Å². The average Bonchev–Trinajstić information content (AvgIpc) is 2.84. The number of piperidine rings is 1. The fourth-order valence-electron chi connectivity index (χ4n) is 5.88. The molecule has 180 valence electrons. The summed E-state index contributed by atoms with van der Waals surface area (Å²) in [6.45, 7) is 7.68. The maximum atomic E-state index is 13.2. The van der Waals surface area contributed by atoms with E-state index in [1.54, 1.807) is 11.0 Å². The van der Waals surface area contributed by atoms with E-state index in [0.29, 0.717) is 17.7 Å². The van der Waals surface area contributed by atoms with Gasteiger partial charge >= 0.3 is 5.97 Å². The summed E-state index contributed by atoms with van der Waals surface area (Å²) in [6, 6.07) is 16.9. The summed E-state index contributed by atoms with van der Waals surface area (Å²) in [6.07, 6.45) is 3.46. The number of rotatable bonds is 6. The van der Waals surface area contributed by atoms with E-state index in [4.69, 9.17) is 4.74 Å². The first kappa shape index (κ1) is 24.2. The molecule has 0 spiro atoms. The van der Waals surface area contributed by atoms with Crippen LogP contribution in [0.25, 0.3) is 0 Å². The van der Waals surface area contributed by atoms with Crippen molar-refractivity contribution < 1.29 is 19.4 Å². The number of carbonyl (C=O) groups excluding carboxylic acids is 2. The molecule has 3 unspecified atom stereocenters. The third-order valence-electron chi connectivity index (χ3n) is 7.56. The lowest BCUT2D eigenvalue weighted by Crippen LogP contribution is -2.61. The lowest BCUT2D eigenvalue weighted by atomic mass is 9.56. The number of amides is 1. The highest BCUT2D eigenvalue weighted by molar-refractivity contribution is 5.94. The van der Waals surface area contributed by atoms with Gasteiger partial charge in [0.15, 0.2) is 0 Å². The van der Waals surface area contributed by atoms with Crippen LogP contribution in [-0.4, -0.2) is 65.6 Å². The second-order valence-corrected chi connectivity index (χ2v) is 9.63. The third kappa shape index (κ3) is 4.79. The predicted molar refractivity (Wildman–Crippen MR) is 132 cm³/mol. The zero-order valence-electron chi connectivity index (χ0n) is 20.0. The van der Waals surface area contributed by atoms with Crippen LogP contribution >= 0.6 is 0 Å². The van der Waals surface area contributed by atoms with Crippen molar-refractivity contribution >= 4 is 11.9 Å². The average molecular weight is 463 g/mol. The fraction of sp³-hybridized carbons (Fsp3) is 0.429. The molecule has 6 nitrogen and oxygen atoms in total. The number of likely N-dealkylation sites (tertiary alicyclic amines) is 1. The Kier molecular flexibility index (Phi) is 7.19. The number of aliphatic hydroxyl groups is 1. The van der Waals surface area contributed by atoms with E-state index in [-0.39, 0.29) is 29.3 Å². The smallest absolute Gasteiger partial charge is 0.308 e. The number of carbonyl (C=O) groups is 2. The van der Waals surface area contributed by atoms with Crippen molar-refractivity contribution in [2.45, 2.75) is 43.7 Å². The molecule has 4 atom stereocenters. The summed E-state index contributed by atoms with van der Waals surface area (Å²) in [7, 11) is 1.84. The van der Waals surface area contributed by atoms with Gasteiger partial charge in [0, 0.05) is 50.0 Å². The van der Waals surface area contributed by atoms with Crippen LogP contribution in [-0.2, 0) is 10.2 Å². The first-order valence-corrected chi connectivity index (χ1v) is 12.0. The third-order valence-corrected chi connectivity index (χ3v) is 7.56. The lowest BCUT2D eigenvalue weighted by Gasteiger charge is -2.56. The van der Waals surface area contributed by atoms with Crippen LogP contribution in [0.1, 0.15) is 42.1 Å². The van der Waals surface area contributed by atoms with E-state index < -0.39 is 6.10 Å². The van der Waals surface area contributed by atoms with Gasteiger partial charge in [-0.1, -0.05) is 36.4 Å². The molecule has 1 aliphatic carbocycles. The Morgan fingerprint density at radius 3 is 2.71 bits per heavy atom. The van der Waals surface area contributed by atoms with Crippen LogP contribution < -0.4 is 4.74 Å². The van der Waals surface area contributed by atoms with Crippen LogP contribution in [0.5, 0.6) is 5.75 Å². The van der Waals surface area contributed by atoms with Crippen LogP contribution in [0.15, 0.2) is 67.3 Å². The Labute approximate surface area is 201 Å². The van der Waals surface area contributed by atoms with Gasteiger partial charge in [-0.05, 0) is 55.6 Å². The molecule has 1 saturated heterocycles. The fourth-order valence-corrected chi connectivity index (χ4v) is 5.88. The highest BCUT2D eigenvalue weighted by Crippen LogP contribution is 2.50. The number of esters is 1. The molecule has 2 aromatic carbocycles. The summed E-state index contributed by atoms with van der Waals surface area (Å²) in [5, 5.41) is 11.4. The molecule has 1 saturated carbocycles. The molecular formula is C28H34N2O4. The number of hydrogen-bond acceptors (Lipinski definition) is 5. The molecule has 1 N–H and O–H groups in total. The molecule has 6 heteroatoms. The van der Waals surface area contributed by atoms with Crippen molar-refractivity contribution in [3.63, 3.8) is 0 Å². The molecule has 4 rings (SSSR count). The zero-order chi connectivity index (χ0) is 24.3. The molecule has 2 aromatic rings. The minimum Gasteiger partial charge on any atom is -0.427 e. The van der Waals surface area contributed by atoms with Crippen LogP contribution in [0.3, 0.4) is 0 Å². The summed E-state index contributed by atoms with van der Waals surface area (Å²) >= 11 is 0. The molecule has 0 radical (unpaired) electrons. The summed E-state index contributed by atoms with van der Waals surface area (Å²) in [4.78, 5) is 28.9. The van der Waals surface area contributed by atoms with Crippen molar-refractivity contribution in [1.29, 1.82) is 0 Å². The Bertz CT molecular complexity index is 1040. The van der Waals surface area contributed by atoms with E-state index in [1.165, 1.54) is 6.92 Å². The normalized spacial score (nSPS) is 26.9. The molecule has 0 aromatic heterocycles. The number of hydrogen-bond donors (Lipinski definition) is 1. The maximum Gasteiger partial charge on any atom is 0.308 e. The van der Waals surface area contributed by atoms with Crippen molar-refractivity contribution in [3.05, 3.63) is 78.4 Å². The van der Waals surface area contributed by atoms with E-state index in [1.807, 2.05) is 55.6 Å². The number of fused-ring (bicyclic) bond motifs is 1. The van der Waals surface area contributed by atoms with Gasteiger partial charge in [-0.15, -0.1) is 6.58 Å². The van der Waals surface area contributed by atoms with Crippen LogP contribution in [0.4, 0.5) is 0 Å².